The van der Waals surface area contributed by atoms with E-state index in [0.29, 0.717) is 12.2 Å². The van der Waals surface area contributed by atoms with Crippen LogP contribution in [0.3, 0.4) is 0 Å². The Kier molecular flexibility index (Phi) is 3.74. The van der Waals surface area contributed by atoms with Gasteiger partial charge in [0, 0.05) is 5.38 Å². The minimum absolute atomic E-state index is 0.212. The summed E-state index contributed by atoms with van der Waals surface area (Å²) in [6.07, 6.45) is 0.948. The lowest BCUT2D eigenvalue weighted by Gasteiger charge is -2.06. The topological polar surface area (TPSA) is 24.9 Å². The molecule has 0 fully saturated rings. The largest absolute Gasteiger partial charge is 0.377 e. The summed E-state index contributed by atoms with van der Waals surface area (Å²) in [6, 6.07) is 5.18. The molecule has 0 aliphatic carbocycles. The summed E-state index contributed by atoms with van der Waals surface area (Å²) < 4.78 is 13.5. The van der Waals surface area contributed by atoms with E-state index >= 15 is 0 Å². The van der Waals surface area contributed by atoms with Crippen molar-refractivity contribution in [3.8, 4) is 0 Å². The number of hydrogen-bond acceptors (Lipinski definition) is 3. The summed E-state index contributed by atoms with van der Waals surface area (Å²) in [4.78, 5) is 4.42. The summed E-state index contributed by atoms with van der Waals surface area (Å²) in [7, 11) is 0. The number of rotatable bonds is 4. The van der Waals surface area contributed by atoms with E-state index in [1.807, 2.05) is 18.4 Å². The van der Waals surface area contributed by atoms with Crippen LogP contribution in [0.1, 0.15) is 23.2 Å². The van der Waals surface area contributed by atoms with Crippen molar-refractivity contribution in [1.82, 2.24) is 4.98 Å². The van der Waals surface area contributed by atoms with E-state index in [-0.39, 0.29) is 5.82 Å². The van der Waals surface area contributed by atoms with Crippen molar-refractivity contribution in [2.75, 3.05) is 5.32 Å². The van der Waals surface area contributed by atoms with Crippen LogP contribution in [0.25, 0.3) is 0 Å². The van der Waals surface area contributed by atoms with E-state index < -0.39 is 0 Å². The first-order chi connectivity index (χ1) is 8.19. The highest BCUT2D eigenvalue weighted by molar-refractivity contribution is 7.09. The van der Waals surface area contributed by atoms with Crippen LogP contribution in [0, 0.1) is 12.7 Å². The van der Waals surface area contributed by atoms with Gasteiger partial charge in [-0.2, -0.15) is 0 Å². The second-order valence-corrected chi connectivity index (χ2v) is 4.87. The molecule has 90 valence electrons. The molecule has 0 saturated carbocycles. The summed E-state index contributed by atoms with van der Waals surface area (Å²) in [5, 5.41) is 6.19. The molecule has 1 aromatic heterocycles. The molecule has 0 bridgehead atoms. The molecule has 0 radical (unpaired) electrons. The molecular weight excluding hydrogens is 235 g/mol. The Hall–Kier alpha value is -1.42. The highest BCUT2D eigenvalue weighted by Crippen LogP contribution is 2.17. The predicted octanol–water partition coefficient (Wildman–Crippen LogP) is 3.77. The third kappa shape index (κ3) is 3.03. The Morgan fingerprint density at radius 1 is 1.41 bits per heavy atom. The van der Waals surface area contributed by atoms with Crippen molar-refractivity contribution in [2.24, 2.45) is 0 Å². The Morgan fingerprint density at radius 3 is 2.88 bits per heavy atom. The van der Waals surface area contributed by atoms with Gasteiger partial charge in [-0.25, -0.2) is 9.37 Å². The van der Waals surface area contributed by atoms with Crippen molar-refractivity contribution < 1.29 is 4.39 Å². The summed E-state index contributed by atoms with van der Waals surface area (Å²) in [5.41, 5.74) is 2.42. The van der Waals surface area contributed by atoms with Gasteiger partial charge in [0.2, 0.25) is 0 Å². The molecule has 17 heavy (non-hydrogen) atoms. The highest BCUT2D eigenvalue weighted by atomic mass is 32.1. The summed E-state index contributed by atoms with van der Waals surface area (Å²) in [6.45, 7) is 4.52. The number of aromatic nitrogens is 1. The van der Waals surface area contributed by atoms with Gasteiger partial charge in [0.25, 0.3) is 0 Å². The molecule has 2 aromatic rings. The zero-order chi connectivity index (χ0) is 12.3. The van der Waals surface area contributed by atoms with Crippen LogP contribution in [0.2, 0.25) is 0 Å². The normalized spacial score (nSPS) is 10.5. The van der Waals surface area contributed by atoms with E-state index in [1.54, 1.807) is 17.4 Å². The molecule has 0 aliphatic heterocycles. The first-order valence-corrected chi connectivity index (χ1v) is 6.50. The highest BCUT2D eigenvalue weighted by Gasteiger charge is 2.03. The van der Waals surface area contributed by atoms with Gasteiger partial charge in [0.1, 0.15) is 5.82 Å². The van der Waals surface area contributed by atoms with Crippen molar-refractivity contribution in [3.63, 3.8) is 0 Å². The zero-order valence-corrected chi connectivity index (χ0v) is 10.8. The second-order valence-electron chi connectivity index (χ2n) is 3.92. The van der Waals surface area contributed by atoms with Crippen molar-refractivity contribution >= 4 is 17.0 Å². The minimum Gasteiger partial charge on any atom is -0.377 e. The first kappa shape index (κ1) is 12.0. The maximum Gasteiger partial charge on any atom is 0.146 e. The second kappa shape index (κ2) is 5.27. The number of anilines is 1. The van der Waals surface area contributed by atoms with Gasteiger partial charge in [0.15, 0.2) is 0 Å². The third-order valence-corrected chi connectivity index (χ3v) is 3.53. The van der Waals surface area contributed by atoms with Crippen molar-refractivity contribution in [3.05, 3.63) is 45.7 Å². The monoisotopic (exact) mass is 250 g/mol. The lowest BCUT2D eigenvalue weighted by molar-refractivity contribution is 0.629. The smallest absolute Gasteiger partial charge is 0.146 e. The van der Waals surface area contributed by atoms with Gasteiger partial charge in [-0.3, -0.25) is 0 Å². The van der Waals surface area contributed by atoms with E-state index in [0.717, 1.165) is 22.7 Å². The number of halogens is 1. The number of hydrogen-bond donors (Lipinski definition) is 1. The van der Waals surface area contributed by atoms with Crippen LogP contribution >= 0.6 is 11.3 Å². The Bertz CT molecular complexity index is 508. The van der Waals surface area contributed by atoms with Gasteiger partial charge in [-0.05, 0) is 31.0 Å². The van der Waals surface area contributed by atoms with Gasteiger partial charge in [-0.1, -0.05) is 13.0 Å². The fraction of sp³-hybridized carbons (Fsp3) is 0.308. The molecule has 2 rings (SSSR count). The van der Waals surface area contributed by atoms with Gasteiger partial charge < -0.3 is 5.32 Å². The molecule has 4 heteroatoms. The predicted molar refractivity (Wildman–Crippen MR) is 70.0 cm³/mol. The van der Waals surface area contributed by atoms with Gasteiger partial charge in [-0.15, -0.1) is 11.3 Å². The Labute approximate surface area is 105 Å². The number of benzene rings is 1. The first-order valence-electron chi connectivity index (χ1n) is 5.62. The average Bonchev–Trinajstić information content (AvgIpc) is 2.76. The van der Waals surface area contributed by atoms with E-state index in [1.165, 1.54) is 6.07 Å². The van der Waals surface area contributed by atoms with Crippen LogP contribution in [-0.4, -0.2) is 4.98 Å². The molecular formula is C13H15FN2S. The average molecular weight is 250 g/mol. The molecule has 0 amide bonds. The number of nitrogens with one attached hydrogen (secondary N) is 1. The van der Waals surface area contributed by atoms with Crippen molar-refractivity contribution in [1.29, 1.82) is 0 Å². The number of aryl methyl sites for hydroxylation is 2. The quantitative estimate of drug-likeness (QED) is 0.893. The van der Waals surface area contributed by atoms with Gasteiger partial charge >= 0.3 is 0 Å². The molecule has 1 N–H and O–H groups in total. The molecule has 1 aromatic carbocycles. The molecule has 0 aliphatic rings. The van der Waals surface area contributed by atoms with Crippen LogP contribution < -0.4 is 5.32 Å². The standard InChI is InChI=1S/C13H15FN2S/c1-3-13-16-10(8-17-13)7-15-12-5-4-9(2)6-11(12)14/h4-6,8,15H,3,7H2,1-2H3. The SMILES string of the molecule is CCc1nc(CNc2ccc(C)cc2F)cs1. The lowest BCUT2D eigenvalue weighted by atomic mass is 10.2. The number of nitrogens with zero attached hydrogens (tertiary/aromatic N) is 1. The third-order valence-electron chi connectivity index (χ3n) is 2.49. The zero-order valence-electron chi connectivity index (χ0n) is 9.96. The summed E-state index contributed by atoms with van der Waals surface area (Å²) >= 11 is 1.65. The van der Waals surface area contributed by atoms with E-state index in [2.05, 4.69) is 17.2 Å². The molecule has 1 heterocycles. The van der Waals surface area contributed by atoms with E-state index in [9.17, 15) is 4.39 Å². The maximum atomic E-state index is 13.5. The Balaban J connectivity index is 2.02. The molecule has 0 saturated heterocycles. The van der Waals surface area contributed by atoms with Crippen LogP contribution in [0.15, 0.2) is 23.6 Å². The van der Waals surface area contributed by atoms with Crippen LogP contribution in [-0.2, 0) is 13.0 Å². The summed E-state index contributed by atoms with van der Waals surface area (Å²) in [5.74, 6) is -0.212. The van der Waals surface area contributed by atoms with E-state index in [4.69, 9.17) is 0 Å². The molecule has 0 unspecified atom stereocenters. The van der Waals surface area contributed by atoms with Crippen molar-refractivity contribution in [2.45, 2.75) is 26.8 Å². The Morgan fingerprint density at radius 2 is 2.24 bits per heavy atom. The lowest BCUT2D eigenvalue weighted by Crippen LogP contribution is -2.02. The molecule has 0 atom stereocenters. The van der Waals surface area contributed by atoms with Gasteiger partial charge in [0.05, 0.1) is 22.9 Å². The van der Waals surface area contributed by atoms with Crippen LogP contribution in [0.4, 0.5) is 10.1 Å². The fourth-order valence-electron chi connectivity index (χ4n) is 1.54. The molecule has 0 spiro atoms. The van der Waals surface area contributed by atoms with Crippen LogP contribution in [0.5, 0.6) is 0 Å². The maximum absolute atomic E-state index is 13.5. The fourth-order valence-corrected chi connectivity index (χ4v) is 2.29. The minimum atomic E-state index is -0.212. The molecule has 2 nitrogen and oxygen atoms in total. The number of thiazole rings is 1.